The van der Waals surface area contributed by atoms with Crippen molar-refractivity contribution in [3.8, 4) is 5.75 Å². The minimum absolute atomic E-state index is 0.0688. The molecule has 0 aliphatic rings. The summed E-state index contributed by atoms with van der Waals surface area (Å²) in [5.41, 5.74) is 1.15. The molecule has 0 radical (unpaired) electrons. The van der Waals surface area contributed by atoms with E-state index in [-0.39, 0.29) is 23.3 Å². The van der Waals surface area contributed by atoms with Crippen LogP contribution in [0.4, 0.5) is 9.39 Å². The zero-order valence-electron chi connectivity index (χ0n) is 18.4. The van der Waals surface area contributed by atoms with Gasteiger partial charge in [0.05, 0.1) is 23.4 Å². The maximum Gasteiger partial charge on any atom is 0.341 e. The van der Waals surface area contributed by atoms with E-state index in [0.717, 1.165) is 10.4 Å². The van der Waals surface area contributed by atoms with Crippen LogP contribution in [0.1, 0.15) is 33.5 Å². The molecule has 3 rings (SSSR count). The van der Waals surface area contributed by atoms with Crippen molar-refractivity contribution < 1.29 is 23.5 Å². The van der Waals surface area contributed by atoms with Gasteiger partial charge in [-0.3, -0.25) is 4.79 Å². The molecule has 12 heteroatoms. The standard InChI is InChI=1S/C21H22ClFN4O4S2/c1-5-27-16(9-31-15-7-6-13(23)8-14(15)22)25-26-21(27)32-10-17(28)24-19-18(20(29)30-4)11(2)12(3)33-19/h6-8H,5,9-10H2,1-4H3,(H,24,28). The Bertz CT molecular complexity index is 1180. The van der Waals surface area contributed by atoms with Gasteiger partial charge < -0.3 is 19.4 Å². The summed E-state index contributed by atoms with van der Waals surface area (Å²) in [5, 5.41) is 12.2. The number of rotatable bonds is 9. The van der Waals surface area contributed by atoms with Crippen molar-refractivity contribution in [3.63, 3.8) is 0 Å². The quantitative estimate of drug-likeness (QED) is 0.323. The van der Waals surface area contributed by atoms with Crippen LogP contribution in [0.25, 0.3) is 0 Å². The predicted molar refractivity (Wildman–Crippen MR) is 126 cm³/mol. The fraction of sp³-hybridized carbons (Fsp3) is 0.333. The van der Waals surface area contributed by atoms with Crippen LogP contribution < -0.4 is 10.1 Å². The highest BCUT2D eigenvalue weighted by molar-refractivity contribution is 7.99. The molecule has 33 heavy (non-hydrogen) atoms. The predicted octanol–water partition coefficient (Wildman–Crippen LogP) is 4.87. The van der Waals surface area contributed by atoms with Gasteiger partial charge in [-0.1, -0.05) is 23.4 Å². The molecule has 0 unspecified atom stereocenters. The lowest BCUT2D eigenvalue weighted by Crippen LogP contribution is -2.16. The second-order valence-corrected chi connectivity index (χ2v) is 9.40. The molecular formula is C21H22ClFN4O4S2. The van der Waals surface area contributed by atoms with Crippen LogP contribution >= 0.6 is 34.7 Å². The molecule has 0 aliphatic heterocycles. The van der Waals surface area contributed by atoms with E-state index < -0.39 is 11.8 Å². The molecule has 0 aliphatic carbocycles. The van der Waals surface area contributed by atoms with Crippen molar-refractivity contribution in [1.82, 2.24) is 14.8 Å². The first-order valence-corrected chi connectivity index (χ1v) is 12.0. The van der Waals surface area contributed by atoms with Gasteiger partial charge in [0.1, 0.15) is 23.2 Å². The van der Waals surface area contributed by atoms with E-state index in [4.69, 9.17) is 21.1 Å². The Kier molecular flexibility index (Phi) is 8.33. The summed E-state index contributed by atoms with van der Waals surface area (Å²) in [6.07, 6.45) is 0. The molecule has 0 atom stereocenters. The number of benzene rings is 1. The number of thioether (sulfide) groups is 1. The van der Waals surface area contributed by atoms with Gasteiger partial charge in [0.2, 0.25) is 5.91 Å². The largest absolute Gasteiger partial charge is 0.484 e. The number of aryl methyl sites for hydroxylation is 1. The van der Waals surface area contributed by atoms with Crippen molar-refractivity contribution in [3.05, 3.63) is 50.9 Å². The van der Waals surface area contributed by atoms with E-state index in [1.54, 1.807) is 0 Å². The van der Waals surface area contributed by atoms with Crippen molar-refractivity contribution in [2.24, 2.45) is 0 Å². The molecule has 8 nitrogen and oxygen atoms in total. The summed E-state index contributed by atoms with van der Waals surface area (Å²) in [5.74, 6) is -0.283. The first kappa shape index (κ1) is 25.0. The Labute approximate surface area is 203 Å². The number of methoxy groups -OCH3 is 1. The van der Waals surface area contributed by atoms with Crippen molar-refractivity contribution >= 4 is 51.6 Å². The average molecular weight is 513 g/mol. The fourth-order valence-electron chi connectivity index (χ4n) is 2.94. The Morgan fingerprint density at radius 1 is 1.30 bits per heavy atom. The number of amides is 1. The number of aromatic nitrogens is 3. The number of carbonyl (C=O) groups excluding carboxylic acids is 2. The number of esters is 1. The summed E-state index contributed by atoms with van der Waals surface area (Å²) < 4.78 is 25.5. The molecule has 0 spiro atoms. The Morgan fingerprint density at radius 3 is 2.73 bits per heavy atom. The number of carbonyl (C=O) groups is 2. The van der Waals surface area contributed by atoms with E-state index in [1.165, 1.54) is 48.4 Å². The smallest absolute Gasteiger partial charge is 0.341 e. The number of nitrogens with one attached hydrogen (secondary N) is 1. The van der Waals surface area contributed by atoms with E-state index >= 15 is 0 Å². The number of halogens is 2. The van der Waals surface area contributed by atoms with Gasteiger partial charge in [-0.2, -0.15) is 0 Å². The highest BCUT2D eigenvalue weighted by Crippen LogP contribution is 2.33. The van der Waals surface area contributed by atoms with Gasteiger partial charge in [-0.25, -0.2) is 9.18 Å². The third kappa shape index (κ3) is 5.84. The number of ether oxygens (including phenoxy) is 2. The lowest BCUT2D eigenvalue weighted by Gasteiger charge is -2.10. The summed E-state index contributed by atoms with van der Waals surface area (Å²) in [7, 11) is 1.30. The van der Waals surface area contributed by atoms with Crippen LogP contribution in [-0.2, 0) is 22.7 Å². The van der Waals surface area contributed by atoms with Gasteiger partial charge in [-0.15, -0.1) is 21.5 Å². The molecule has 0 saturated carbocycles. The molecule has 176 valence electrons. The lowest BCUT2D eigenvalue weighted by molar-refractivity contribution is -0.113. The molecule has 2 aromatic heterocycles. The lowest BCUT2D eigenvalue weighted by atomic mass is 10.1. The SMILES string of the molecule is CCn1c(COc2ccc(F)cc2Cl)nnc1SCC(=O)Nc1sc(C)c(C)c1C(=O)OC. The maximum absolute atomic E-state index is 13.2. The zero-order chi connectivity index (χ0) is 24.1. The summed E-state index contributed by atoms with van der Waals surface area (Å²) in [4.78, 5) is 25.6. The number of hydrogen-bond acceptors (Lipinski definition) is 8. The minimum atomic E-state index is -0.489. The van der Waals surface area contributed by atoms with E-state index in [2.05, 4.69) is 15.5 Å². The van der Waals surface area contributed by atoms with Crippen LogP contribution in [-0.4, -0.2) is 39.5 Å². The van der Waals surface area contributed by atoms with Crippen LogP contribution in [0.5, 0.6) is 5.75 Å². The fourth-order valence-corrected chi connectivity index (χ4v) is 5.05. The third-order valence-electron chi connectivity index (χ3n) is 4.72. The third-order valence-corrected chi connectivity index (χ3v) is 7.11. The molecule has 1 amide bonds. The summed E-state index contributed by atoms with van der Waals surface area (Å²) in [6.45, 7) is 6.25. The molecule has 2 heterocycles. The molecule has 3 aromatic rings. The molecule has 0 bridgehead atoms. The van der Waals surface area contributed by atoms with Crippen molar-refractivity contribution in [2.45, 2.75) is 39.1 Å². The Balaban J connectivity index is 1.64. The number of anilines is 1. The van der Waals surface area contributed by atoms with E-state index in [9.17, 15) is 14.0 Å². The Morgan fingerprint density at radius 2 is 2.06 bits per heavy atom. The van der Waals surface area contributed by atoms with Crippen LogP contribution in [0, 0.1) is 19.7 Å². The van der Waals surface area contributed by atoms with Gasteiger partial charge in [-0.05, 0) is 44.5 Å². The molecular weight excluding hydrogens is 491 g/mol. The van der Waals surface area contributed by atoms with Crippen LogP contribution in [0.15, 0.2) is 23.4 Å². The zero-order valence-corrected chi connectivity index (χ0v) is 20.8. The monoisotopic (exact) mass is 512 g/mol. The highest BCUT2D eigenvalue weighted by atomic mass is 35.5. The average Bonchev–Trinajstić information content (AvgIpc) is 3.30. The topological polar surface area (TPSA) is 95.3 Å². The number of hydrogen-bond donors (Lipinski definition) is 1. The highest BCUT2D eigenvalue weighted by Gasteiger charge is 2.22. The van der Waals surface area contributed by atoms with E-state index in [0.29, 0.717) is 33.8 Å². The second-order valence-electron chi connectivity index (χ2n) is 6.82. The van der Waals surface area contributed by atoms with Crippen LogP contribution in [0.2, 0.25) is 5.02 Å². The van der Waals surface area contributed by atoms with Crippen molar-refractivity contribution in [2.75, 3.05) is 18.2 Å². The number of nitrogens with zero attached hydrogens (tertiary/aromatic N) is 3. The van der Waals surface area contributed by atoms with Gasteiger partial charge in [0.15, 0.2) is 11.0 Å². The second kappa shape index (κ2) is 11.0. The normalized spacial score (nSPS) is 10.8. The van der Waals surface area contributed by atoms with Crippen molar-refractivity contribution in [1.29, 1.82) is 0 Å². The first-order valence-electron chi connectivity index (χ1n) is 9.86. The molecule has 0 fully saturated rings. The molecule has 0 saturated heterocycles. The number of thiophene rings is 1. The van der Waals surface area contributed by atoms with Gasteiger partial charge >= 0.3 is 5.97 Å². The molecule has 1 aromatic carbocycles. The van der Waals surface area contributed by atoms with Crippen LogP contribution in [0.3, 0.4) is 0 Å². The Hall–Kier alpha value is -2.63. The summed E-state index contributed by atoms with van der Waals surface area (Å²) >= 11 is 8.53. The summed E-state index contributed by atoms with van der Waals surface area (Å²) in [6, 6.07) is 3.87. The van der Waals surface area contributed by atoms with Gasteiger partial charge in [0, 0.05) is 11.4 Å². The molecule has 1 N–H and O–H groups in total. The first-order chi connectivity index (χ1) is 15.7. The maximum atomic E-state index is 13.2. The van der Waals surface area contributed by atoms with Gasteiger partial charge in [0.25, 0.3) is 0 Å². The van der Waals surface area contributed by atoms with E-state index in [1.807, 2.05) is 25.3 Å². The minimum Gasteiger partial charge on any atom is -0.484 e.